The number of hydrogen-bond acceptors (Lipinski definition) is 4. The Morgan fingerprint density at radius 1 is 1.14 bits per heavy atom. The Kier molecular flexibility index (Phi) is 2.78. The number of fused-ring (bicyclic) bond motifs is 2. The average molecular weight is 346 g/mol. The number of imidazole rings is 1. The van der Waals surface area contributed by atoms with Crippen molar-refractivity contribution in [3.05, 3.63) is 46.4 Å². The van der Waals surface area contributed by atoms with Crippen molar-refractivity contribution in [2.75, 3.05) is 12.5 Å². The molecule has 4 rings (SSSR count). The van der Waals surface area contributed by atoms with E-state index >= 15 is 0 Å². The topological polar surface area (TPSA) is 62.3 Å². The maximum atomic E-state index is 6.05. The van der Waals surface area contributed by atoms with Gasteiger partial charge in [0.2, 0.25) is 12.7 Å². The number of anilines is 1. The molecule has 21 heavy (non-hydrogen) atoms. The van der Waals surface area contributed by atoms with Gasteiger partial charge in [0.05, 0.1) is 17.6 Å². The van der Waals surface area contributed by atoms with Crippen molar-refractivity contribution in [3.8, 4) is 11.5 Å². The zero-order chi connectivity index (χ0) is 14.4. The molecule has 2 N–H and O–H groups in total. The van der Waals surface area contributed by atoms with Gasteiger partial charge in [0.15, 0.2) is 11.5 Å². The van der Waals surface area contributed by atoms with E-state index in [4.69, 9.17) is 15.2 Å². The van der Waals surface area contributed by atoms with Crippen molar-refractivity contribution >= 4 is 32.9 Å². The van der Waals surface area contributed by atoms with E-state index < -0.39 is 0 Å². The fourth-order valence-electron chi connectivity index (χ4n) is 2.47. The van der Waals surface area contributed by atoms with Crippen LogP contribution in [0.15, 0.2) is 40.9 Å². The summed E-state index contributed by atoms with van der Waals surface area (Å²) in [4.78, 5) is 4.40. The normalized spacial score (nSPS) is 13.0. The van der Waals surface area contributed by atoms with Gasteiger partial charge in [-0.2, -0.15) is 0 Å². The molecular formula is C15H12BrN3O2. The lowest BCUT2D eigenvalue weighted by Gasteiger charge is -2.07. The number of nitrogens with two attached hydrogens (primary N) is 1. The molecule has 0 aliphatic carbocycles. The van der Waals surface area contributed by atoms with Gasteiger partial charge in [-0.15, -0.1) is 0 Å². The van der Waals surface area contributed by atoms with Crippen LogP contribution in [0.25, 0.3) is 11.0 Å². The minimum Gasteiger partial charge on any atom is -0.454 e. The molecule has 1 aliphatic rings. The van der Waals surface area contributed by atoms with Gasteiger partial charge in [0.25, 0.3) is 0 Å². The molecule has 0 fully saturated rings. The molecule has 2 aromatic carbocycles. The molecule has 106 valence electrons. The summed E-state index contributed by atoms with van der Waals surface area (Å²) in [6.45, 7) is 0.916. The highest BCUT2D eigenvalue weighted by molar-refractivity contribution is 9.10. The maximum absolute atomic E-state index is 6.05. The number of benzene rings is 2. The molecule has 0 radical (unpaired) electrons. The number of nitrogen functional groups attached to an aromatic ring is 1. The van der Waals surface area contributed by atoms with Gasteiger partial charge in [-0.05, 0) is 17.7 Å². The second-order valence-electron chi connectivity index (χ2n) is 4.88. The lowest BCUT2D eigenvalue weighted by molar-refractivity contribution is 0.174. The fourth-order valence-corrected chi connectivity index (χ4v) is 2.74. The van der Waals surface area contributed by atoms with E-state index in [0.29, 0.717) is 12.5 Å². The van der Waals surface area contributed by atoms with Crippen molar-refractivity contribution < 1.29 is 9.47 Å². The highest BCUT2D eigenvalue weighted by Crippen LogP contribution is 2.36. The minimum atomic E-state index is 0.254. The summed E-state index contributed by atoms with van der Waals surface area (Å²) in [6, 6.07) is 11.9. The van der Waals surface area contributed by atoms with Crippen molar-refractivity contribution in [2.45, 2.75) is 6.54 Å². The maximum Gasteiger partial charge on any atom is 0.231 e. The van der Waals surface area contributed by atoms with Crippen LogP contribution in [0.3, 0.4) is 0 Å². The third-order valence-electron chi connectivity index (χ3n) is 3.53. The smallest absolute Gasteiger partial charge is 0.231 e. The van der Waals surface area contributed by atoms with E-state index in [0.717, 1.165) is 32.6 Å². The zero-order valence-corrected chi connectivity index (χ0v) is 12.6. The van der Waals surface area contributed by atoms with E-state index in [9.17, 15) is 0 Å². The molecule has 6 heteroatoms. The third kappa shape index (κ3) is 2.12. The molecule has 0 atom stereocenters. The van der Waals surface area contributed by atoms with Crippen LogP contribution >= 0.6 is 15.9 Å². The second kappa shape index (κ2) is 4.66. The summed E-state index contributed by atoms with van der Waals surface area (Å²) in [5, 5.41) is 0. The summed E-state index contributed by atoms with van der Waals surface area (Å²) in [6.07, 6.45) is 0. The molecule has 0 saturated carbocycles. The first kappa shape index (κ1) is 12.5. The van der Waals surface area contributed by atoms with Crippen molar-refractivity contribution in [1.29, 1.82) is 0 Å². The summed E-state index contributed by atoms with van der Waals surface area (Å²) >= 11 is 3.44. The first-order valence-corrected chi connectivity index (χ1v) is 7.30. The number of halogens is 1. The number of aromatic nitrogens is 2. The van der Waals surface area contributed by atoms with E-state index in [1.54, 1.807) is 0 Å². The van der Waals surface area contributed by atoms with Crippen molar-refractivity contribution in [3.63, 3.8) is 0 Å². The number of nitrogens with zero attached hydrogens (tertiary/aromatic N) is 2. The average Bonchev–Trinajstić information content (AvgIpc) is 3.03. The molecule has 0 saturated heterocycles. The monoisotopic (exact) mass is 345 g/mol. The minimum absolute atomic E-state index is 0.254. The number of hydrogen-bond donors (Lipinski definition) is 1. The predicted octanol–water partition coefficient (Wildman–Crippen LogP) is 3.16. The molecule has 0 spiro atoms. The molecule has 5 nitrogen and oxygen atoms in total. The van der Waals surface area contributed by atoms with Crippen LogP contribution in [-0.2, 0) is 6.54 Å². The molecule has 2 heterocycles. The van der Waals surface area contributed by atoms with Crippen molar-refractivity contribution in [2.24, 2.45) is 0 Å². The lowest BCUT2D eigenvalue weighted by Crippen LogP contribution is -2.04. The number of rotatable bonds is 2. The quantitative estimate of drug-likeness (QED) is 0.774. The van der Waals surface area contributed by atoms with Crippen LogP contribution in [0.2, 0.25) is 0 Å². The highest BCUT2D eigenvalue weighted by Gasteiger charge is 2.18. The Bertz CT molecular complexity index is 827. The van der Waals surface area contributed by atoms with Crippen LogP contribution in [-0.4, -0.2) is 16.3 Å². The molecule has 3 aromatic rings. The highest BCUT2D eigenvalue weighted by atomic mass is 79.9. The van der Waals surface area contributed by atoms with Crippen LogP contribution in [0.5, 0.6) is 11.5 Å². The second-order valence-corrected chi connectivity index (χ2v) is 5.79. The summed E-state index contributed by atoms with van der Waals surface area (Å²) in [7, 11) is 0. The molecule has 1 aliphatic heterocycles. The fraction of sp³-hybridized carbons (Fsp3) is 0.133. The van der Waals surface area contributed by atoms with E-state index in [1.165, 1.54) is 0 Å². The van der Waals surface area contributed by atoms with Crippen LogP contribution in [0, 0.1) is 0 Å². The van der Waals surface area contributed by atoms with Crippen LogP contribution in [0.4, 0.5) is 5.95 Å². The lowest BCUT2D eigenvalue weighted by atomic mass is 10.2. The largest absolute Gasteiger partial charge is 0.454 e. The Morgan fingerprint density at radius 3 is 2.62 bits per heavy atom. The van der Waals surface area contributed by atoms with Gasteiger partial charge in [-0.1, -0.05) is 28.1 Å². The summed E-state index contributed by atoms with van der Waals surface area (Å²) in [5.74, 6) is 1.94. The third-order valence-corrected chi connectivity index (χ3v) is 4.05. The Balaban J connectivity index is 1.80. The Hall–Kier alpha value is -2.21. The Morgan fingerprint density at radius 2 is 1.86 bits per heavy atom. The molecule has 1 aromatic heterocycles. The van der Waals surface area contributed by atoms with Gasteiger partial charge in [-0.3, -0.25) is 0 Å². The summed E-state index contributed by atoms with van der Waals surface area (Å²) < 4.78 is 13.8. The first-order chi connectivity index (χ1) is 10.2. The van der Waals surface area contributed by atoms with E-state index in [1.807, 2.05) is 28.8 Å². The van der Waals surface area contributed by atoms with Crippen molar-refractivity contribution in [1.82, 2.24) is 9.55 Å². The van der Waals surface area contributed by atoms with E-state index in [2.05, 4.69) is 33.0 Å². The van der Waals surface area contributed by atoms with Gasteiger partial charge in [-0.25, -0.2) is 4.98 Å². The molecular weight excluding hydrogens is 334 g/mol. The number of ether oxygens (including phenoxy) is 2. The Labute approximate surface area is 129 Å². The molecule has 0 amide bonds. The van der Waals surface area contributed by atoms with Gasteiger partial charge < -0.3 is 19.8 Å². The summed E-state index contributed by atoms with van der Waals surface area (Å²) in [5.41, 5.74) is 8.96. The first-order valence-electron chi connectivity index (χ1n) is 6.50. The van der Waals surface area contributed by atoms with Gasteiger partial charge >= 0.3 is 0 Å². The van der Waals surface area contributed by atoms with Gasteiger partial charge in [0, 0.05) is 16.6 Å². The predicted molar refractivity (Wildman–Crippen MR) is 83.5 cm³/mol. The van der Waals surface area contributed by atoms with Gasteiger partial charge in [0.1, 0.15) is 0 Å². The van der Waals surface area contributed by atoms with Crippen LogP contribution in [0.1, 0.15) is 5.56 Å². The standard InChI is InChI=1S/C15H12BrN3O2/c16-10-3-1-9(2-4-10)7-19-12-6-14-13(20-8-21-14)5-11(12)18-15(19)17/h1-6H,7-8H2,(H2,17,18). The zero-order valence-electron chi connectivity index (χ0n) is 11.0. The van der Waals surface area contributed by atoms with Crippen LogP contribution < -0.4 is 15.2 Å². The molecule has 0 bridgehead atoms. The molecule has 0 unspecified atom stereocenters. The van der Waals surface area contributed by atoms with E-state index in [-0.39, 0.29) is 6.79 Å². The SMILES string of the molecule is Nc1nc2cc3c(cc2n1Cc1ccc(Br)cc1)OCO3.